The zero-order valence-corrected chi connectivity index (χ0v) is 13.8. The fourth-order valence-corrected chi connectivity index (χ4v) is 3.39. The third-order valence-corrected chi connectivity index (χ3v) is 4.59. The number of nitrogens with two attached hydrogens (primary N) is 1. The summed E-state index contributed by atoms with van der Waals surface area (Å²) in [5.41, 5.74) is 1.91. The minimum atomic E-state index is -4.16. The molecule has 11 heteroatoms. The van der Waals surface area contributed by atoms with Crippen molar-refractivity contribution in [3.8, 4) is 5.75 Å². The van der Waals surface area contributed by atoms with Crippen LogP contribution in [0, 0.1) is 5.82 Å². The van der Waals surface area contributed by atoms with Crippen LogP contribution < -0.4 is 21.1 Å². The molecule has 0 bridgehead atoms. The van der Waals surface area contributed by atoms with Gasteiger partial charge in [-0.1, -0.05) is 11.6 Å². The molecule has 0 aromatic heterocycles. The Morgan fingerprint density at radius 2 is 1.93 bits per heavy atom. The Labute approximate surface area is 153 Å². The second kappa shape index (κ2) is 5.27. The van der Waals surface area contributed by atoms with Crippen molar-refractivity contribution >= 4 is 34.8 Å². The van der Waals surface area contributed by atoms with Gasteiger partial charge in [-0.3, -0.25) is 9.59 Å². The molecular formula is C16H9ClF3N3O4. The van der Waals surface area contributed by atoms with Crippen molar-refractivity contribution in [1.29, 1.82) is 0 Å². The Balaban J connectivity index is 1.99. The van der Waals surface area contributed by atoms with Crippen LogP contribution in [0.4, 0.5) is 24.5 Å². The minimum Gasteiger partial charge on any atom is -0.423 e. The highest BCUT2D eigenvalue weighted by molar-refractivity contribution is 6.31. The molecule has 0 spiro atoms. The number of halogens is 4. The van der Waals surface area contributed by atoms with Crippen LogP contribution in [0.15, 0.2) is 24.3 Å². The summed E-state index contributed by atoms with van der Waals surface area (Å²) >= 11 is 6.02. The SMILES string of the molecule is Nc1cc2c(c3c1C(O)(c1cc(F)ccc1Cl)NC3=O)NC(=O)C(F)(F)O2. The van der Waals surface area contributed by atoms with Crippen molar-refractivity contribution in [3.63, 3.8) is 0 Å². The van der Waals surface area contributed by atoms with Gasteiger partial charge in [0.05, 0.1) is 11.3 Å². The van der Waals surface area contributed by atoms with E-state index in [0.717, 1.165) is 24.3 Å². The molecule has 2 heterocycles. The molecular weight excluding hydrogens is 391 g/mol. The first kappa shape index (κ1) is 17.4. The normalized spacial score (nSPS) is 22.4. The first-order chi connectivity index (χ1) is 12.5. The van der Waals surface area contributed by atoms with Crippen molar-refractivity contribution in [3.05, 3.63) is 51.8 Å². The van der Waals surface area contributed by atoms with E-state index < -0.39 is 46.5 Å². The average molecular weight is 400 g/mol. The van der Waals surface area contributed by atoms with E-state index in [0.29, 0.717) is 0 Å². The molecule has 5 N–H and O–H groups in total. The number of anilines is 2. The number of carbonyl (C=O) groups is 2. The summed E-state index contributed by atoms with van der Waals surface area (Å²) in [6, 6.07) is 4.01. The molecule has 0 aliphatic carbocycles. The number of benzene rings is 2. The van der Waals surface area contributed by atoms with Crippen molar-refractivity contribution in [2.75, 3.05) is 11.1 Å². The molecule has 2 aliphatic rings. The van der Waals surface area contributed by atoms with E-state index in [1.54, 1.807) is 0 Å². The third-order valence-electron chi connectivity index (χ3n) is 4.26. The molecule has 1 atom stereocenters. The number of hydrogen-bond acceptors (Lipinski definition) is 5. The highest BCUT2D eigenvalue weighted by Gasteiger charge is 2.52. The topological polar surface area (TPSA) is 114 Å². The number of aliphatic hydroxyl groups is 1. The second-order valence-corrected chi connectivity index (χ2v) is 6.36. The molecule has 1 unspecified atom stereocenters. The molecule has 4 rings (SSSR count). The summed E-state index contributed by atoms with van der Waals surface area (Å²) in [7, 11) is 0. The summed E-state index contributed by atoms with van der Waals surface area (Å²) in [5, 5.41) is 15.1. The number of ether oxygens (including phenoxy) is 1. The van der Waals surface area contributed by atoms with Gasteiger partial charge in [0.15, 0.2) is 11.5 Å². The van der Waals surface area contributed by atoms with E-state index in [9.17, 15) is 27.9 Å². The lowest BCUT2D eigenvalue weighted by atomic mass is 9.91. The quantitative estimate of drug-likeness (QED) is 0.547. The smallest absolute Gasteiger partial charge is 0.423 e. The maximum absolute atomic E-state index is 13.7. The lowest BCUT2D eigenvalue weighted by molar-refractivity contribution is -0.189. The minimum absolute atomic E-state index is 0.0870. The maximum Gasteiger partial charge on any atom is 0.482 e. The fourth-order valence-electron chi connectivity index (χ4n) is 3.14. The number of alkyl halides is 2. The summed E-state index contributed by atoms with van der Waals surface area (Å²) in [5.74, 6) is -4.06. The predicted octanol–water partition coefficient (Wildman–Crippen LogP) is 1.92. The van der Waals surface area contributed by atoms with Gasteiger partial charge in [0, 0.05) is 27.9 Å². The van der Waals surface area contributed by atoms with Crippen LogP contribution in [0.1, 0.15) is 21.5 Å². The molecule has 7 nitrogen and oxygen atoms in total. The first-order valence-corrected chi connectivity index (χ1v) is 7.78. The fraction of sp³-hybridized carbons (Fsp3) is 0.125. The molecule has 0 fully saturated rings. The first-order valence-electron chi connectivity index (χ1n) is 7.40. The van der Waals surface area contributed by atoms with Gasteiger partial charge in [-0.25, -0.2) is 4.39 Å². The Morgan fingerprint density at radius 1 is 1.22 bits per heavy atom. The standard InChI is InChI=1S/C16H9ClF3N3O4/c17-7-2-1-5(18)3-6(7)15(26)11-8(21)4-9-12(10(11)13(24)23-15)22-14(25)16(19,20)27-9/h1-4,26H,21H2,(H,22,25)(H,23,24). The number of amides is 2. The highest BCUT2D eigenvalue weighted by Crippen LogP contribution is 2.49. The van der Waals surface area contributed by atoms with E-state index >= 15 is 0 Å². The molecule has 2 aliphatic heterocycles. The molecule has 0 saturated carbocycles. The van der Waals surface area contributed by atoms with Crippen molar-refractivity contribution in [2.24, 2.45) is 0 Å². The van der Waals surface area contributed by atoms with Gasteiger partial charge in [0.1, 0.15) is 5.82 Å². The number of nitrogen functional groups attached to an aromatic ring is 1. The Morgan fingerprint density at radius 3 is 2.63 bits per heavy atom. The number of nitrogens with one attached hydrogen (secondary N) is 2. The van der Waals surface area contributed by atoms with Gasteiger partial charge < -0.3 is 26.2 Å². The average Bonchev–Trinajstić information content (AvgIpc) is 2.84. The van der Waals surface area contributed by atoms with Crippen LogP contribution in [0.25, 0.3) is 0 Å². The number of hydrogen-bond donors (Lipinski definition) is 4. The largest absolute Gasteiger partial charge is 0.482 e. The number of rotatable bonds is 1. The number of carbonyl (C=O) groups excluding carboxylic acids is 2. The lowest BCUT2D eigenvalue weighted by Gasteiger charge is -2.29. The second-order valence-electron chi connectivity index (χ2n) is 5.95. The van der Waals surface area contributed by atoms with Crippen LogP contribution in [0.2, 0.25) is 5.02 Å². The van der Waals surface area contributed by atoms with Crippen molar-refractivity contribution < 1.29 is 32.6 Å². The maximum atomic E-state index is 13.7. The Bertz CT molecular complexity index is 1050. The Hall–Kier alpha value is -2.98. The van der Waals surface area contributed by atoms with Crippen LogP contribution in [-0.2, 0) is 10.5 Å². The summed E-state index contributed by atoms with van der Waals surface area (Å²) in [6.07, 6.45) is -4.16. The van der Waals surface area contributed by atoms with E-state index in [-0.39, 0.29) is 21.8 Å². The molecule has 0 saturated heterocycles. The van der Waals surface area contributed by atoms with Gasteiger partial charge in [0.2, 0.25) is 0 Å². The van der Waals surface area contributed by atoms with Gasteiger partial charge in [0.25, 0.3) is 5.91 Å². The van der Waals surface area contributed by atoms with Crippen LogP contribution in [-0.4, -0.2) is 23.0 Å². The molecule has 2 aromatic carbocycles. The zero-order chi connectivity index (χ0) is 19.7. The molecule has 140 valence electrons. The van der Waals surface area contributed by atoms with E-state index in [4.69, 9.17) is 17.3 Å². The Kier molecular flexibility index (Phi) is 3.40. The van der Waals surface area contributed by atoms with Gasteiger partial charge >= 0.3 is 12.0 Å². The monoisotopic (exact) mass is 399 g/mol. The third kappa shape index (κ3) is 2.33. The van der Waals surface area contributed by atoms with E-state index in [2.05, 4.69) is 10.1 Å². The van der Waals surface area contributed by atoms with Gasteiger partial charge in [-0.15, -0.1) is 0 Å². The molecule has 0 radical (unpaired) electrons. The molecule has 27 heavy (non-hydrogen) atoms. The molecule has 2 amide bonds. The zero-order valence-electron chi connectivity index (χ0n) is 13.1. The van der Waals surface area contributed by atoms with E-state index in [1.165, 1.54) is 0 Å². The van der Waals surface area contributed by atoms with Gasteiger partial charge in [-0.2, -0.15) is 8.78 Å². The summed E-state index contributed by atoms with van der Waals surface area (Å²) < 4.78 is 45.0. The molecule has 2 aromatic rings. The van der Waals surface area contributed by atoms with Crippen LogP contribution in [0.5, 0.6) is 5.75 Å². The summed E-state index contributed by atoms with van der Waals surface area (Å²) in [6.45, 7) is 0. The van der Waals surface area contributed by atoms with Crippen molar-refractivity contribution in [1.82, 2.24) is 5.32 Å². The predicted molar refractivity (Wildman–Crippen MR) is 86.9 cm³/mol. The highest BCUT2D eigenvalue weighted by atomic mass is 35.5. The lowest BCUT2D eigenvalue weighted by Crippen LogP contribution is -2.43. The number of fused-ring (bicyclic) bond motifs is 3. The van der Waals surface area contributed by atoms with Gasteiger partial charge in [-0.05, 0) is 18.2 Å². The van der Waals surface area contributed by atoms with Crippen molar-refractivity contribution in [2.45, 2.75) is 11.8 Å². The van der Waals surface area contributed by atoms with E-state index in [1.807, 2.05) is 5.32 Å². The van der Waals surface area contributed by atoms with Crippen LogP contribution in [0.3, 0.4) is 0 Å². The van der Waals surface area contributed by atoms with Crippen LogP contribution >= 0.6 is 11.6 Å². The summed E-state index contributed by atoms with van der Waals surface area (Å²) in [4.78, 5) is 24.0.